The van der Waals surface area contributed by atoms with Gasteiger partial charge in [0, 0.05) is 17.6 Å². The Bertz CT molecular complexity index is 627. The first-order chi connectivity index (χ1) is 10.5. The number of aliphatic hydroxyl groups excluding tert-OH is 1. The van der Waals surface area contributed by atoms with Crippen molar-refractivity contribution in [1.82, 2.24) is 19.7 Å². The summed E-state index contributed by atoms with van der Waals surface area (Å²) in [6.45, 7) is 3.42. The molecule has 2 rings (SSSR count). The predicted molar refractivity (Wildman–Crippen MR) is 82.7 cm³/mol. The summed E-state index contributed by atoms with van der Waals surface area (Å²) in [7, 11) is 1.90. The number of likely N-dealkylation sites (N-methyl/N-ethyl adjacent to an activating group) is 1. The lowest BCUT2D eigenvalue weighted by atomic mass is 10.3. The molecule has 22 heavy (non-hydrogen) atoms. The summed E-state index contributed by atoms with van der Waals surface area (Å²) < 4.78 is 1.38. The Morgan fingerprint density at radius 3 is 2.91 bits per heavy atom. The van der Waals surface area contributed by atoms with Crippen molar-refractivity contribution in [1.29, 1.82) is 0 Å². The molecule has 1 N–H and O–H groups in total. The number of nitro groups is 1. The third-order valence-electron chi connectivity index (χ3n) is 3.11. The Morgan fingerprint density at radius 2 is 2.32 bits per heavy atom. The highest BCUT2D eigenvalue weighted by atomic mass is 32.1. The fourth-order valence-electron chi connectivity index (χ4n) is 2.06. The summed E-state index contributed by atoms with van der Waals surface area (Å²) in [4.78, 5) is 17.6. The van der Waals surface area contributed by atoms with Crippen LogP contribution in [0.15, 0.2) is 18.6 Å². The van der Waals surface area contributed by atoms with Crippen molar-refractivity contribution in [3.63, 3.8) is 0 Å². The third kappa shape index (κ3) is 4.58. The van der Waals surface area contributed by atoms with Crippen LogP contribution in [-0.4, -0.2) is 49.4 Å². The highest BCUT2D eigenvalue weighted by Crippen LogP contribution is 2.15. The van der Waals surface area contributed by atoms with E-state index in [2.05, 4.69) is 17.0 Å². The number of aromatic nitrogens is 3. The number of aryl methyl sites for hydroxylation is 1. The minimum Gasteiger partial charge on any atom is -0.390 e. The number of hydrogen-bond donors (Lipinski definition) is 1. The number of thiazole rings is 1. The number of rotatable bonds is 8. The van der Waals surface area contributed by atoms with Crippen molar-refractivity contribution in [3.05, 3.63) is 38.6 Å². The lowest BCUT2D eigenvalue weighted by Crippen LogP contribution is -2.31. The normalized spacial score (nSPS) is 12.7. The maximum absolute atomic E-state index is 10.6. The Labute approximate surface area is 132 Å². The Balaban J connectivity index is 1.82. The van der Waals surface area contributed by atoms with E-state index >= 15 is 0 Å². The summed E-state index contributed by atoms with van der Waals surface area (Å²) in [5.41, 5.74) is -0.0737. The van der Waals surface area contributed by atoms with E-state index in [-0.39, 0.29) is 12.2 Å². The highest BCUT2D eigenvalue weighted by molar-refractivity contribution is 7.11. The van der Waals surface area contributed by atoms with E-state index in [0.29, 0.717) is 13.1 Å². The van der Waals surface area contributed by atoms with Crippen LogP contribution in [0.25, 0.3) is 0 Å². The van der Waals surface area contributed by atoms with Crippen LogP contribution >= 0.6 is 11.3 Å². The first-order valence-corrected chi connectivity index (χ1v) is 7.76. The van der Waals surface area contributed by atoms with E-state index in [9.17, 15) is 15.2 Å². The molecule has 1 atom stereocenters. The second kappa shape index (κ2) is 7.43. The molecule has 0 saturated heterocycles. The molecule has 0 saturated carbocycles. The Hall–Kier alpha value is -1.84. The average molecular weight is 325 g/mol. The third-order valence-corrected chi connectivity index (χ3v) is 4.23. The molecule has 0 aliphatic carbocycles. The van der Waals surface area contributed by atoms with Crippen molar-refractivity contribution in [2.75, 3.05) is 13.6 Å². The minimum atomic E-state index is -0.657. The van der Waals surface area contributed by atoms with E-state index < -0.39 is 11.0 Å². The molecular formula is C13H19N5O3S. The molecule has 0 radical (unpaired) electrons. The summed E-state index contributed by atoms with van der Waals surface area (Å²) >= 11 is 1.67. The fourth-order valence-corrected chi connectivity index (χ4v) is 3.00. The Morgan fingerprint density at radius 1 is 1.55 bits per heavy atom. The quantitative estimate of drug-likeness (QED) is 0.580. The molecule has 2 aromatic rings. The molecular weight excluding hydrogens is 306 g/mol. The molecule has 120 valence electrons. The van der Waals surface area contributed by atoms with Gasteiger partial charge >= 0.3 is 5.69 Å². The molecule has 0 aliphatic rings. The van der Waals surface area contributed by atoms with Gasteiger partial charge in [0.15, 0.2) is 0 Å². The van der Waals surface area contributed by atoms with Gasteiger partial charge in [0.2, 0.25) is 0 Å². The summed E-state index contributed by atoms with van der Waals surface area (Å²) in [6, 6.07) is 0. The molecule has 0 aromatic carbocycles. The molecule has 2 heterocycles. The second-order valence-corrected chi connectivity index (χ2v) is 6.30. The molecule has 0 bridgehead atoms. The van der Waals surface area contributed by atoms with Crippen molar-refractivity contribution in [2.45, 2.75) is 32.5 Å². The van der Waals surface area contributed by atoms with Gasteiger partial charge < -0.3 is 5.11 Å². The van der Waals surface area contributed by atoms with Crippen LogP contribution in [0.2, 0.25) is 0 Å². The van der Waals surface area contributed by atoms with E-state index in [4.69, 9.17) is 0 Å². The van der Waals surface area contributed by atoms with Crippen molar-refractivity contribution >= 4 is 17.0 Å². The number of hydrogen-bond acceptors (Lipinski definition) is 7. The zero-order chi connectivity index (χ0) is 16.1. The first-order valence-electron chi connectivity index (χ1n) is 6.95. The van der Waals surface area contributed by atoms with Gasteiger partial charge in [0.25, 0.3) is 0 Å². The van der Waals surface area contributed by atoms with Crippen LogP contribution in [0.3, 0.4) is 0 Å². The molecule has 0 spiro atoms. The van der Waals surface area contributed by atoms with Gasteiger partial charge in [0.05, 0.1) is 24.1 Å². The molecule has 1 unspecified atom stereocenters. The standard InChI is InChI=1S/C13H19N5O3S/c1-3-12-5-14-13(22-12)9-16(2)7-11(19)8-17-6-10(4-15-17)18(20)21/h4-6,11,19H,3,7-9H2,1-2H3. The smallest absolute Gasteiger partial charge is 0.306 e. The largest absolute Gasteiger partial charge is 0.390 e. The van der Waals surface area contributed by atoms with E-state index in [1.54, 1.807) is 11.3 Å². The zero-order valence-corrected chi connectivity index (χ0v) is 13.4. The van der Waals surface area contributed by atoms with Crippen LogP contribution in [0.5, 0.6) is 0 Å². The van der Waals surface area contributed by atoms with Crippen LogP contribution in [0.4, 0.5) is 5.69 Å². The fraction of sp³-hybridized carbons (Fsp3) is 0.538. The molecule has 0 aliphatic heterocycles. The SMILES string of the molecule is CCc1cnc(CN(C)CC(O)Cn2cc([N+](=O)[O-])cn2)s1. The van der Waals surface area contributed by atoms with E-state index in [1.165, 1.54) is 22.0 Å². The van der Waals surface area contributed by atoms with Gasteiger partial charge in [-0.3, -0.25) is 19.7 Å². The summed E-state index contributed by atoms with van der Waals surface area (Å²) in [5.74, 6) is 0. The van der Waals surface area contributed by atoms with Crippen molar-refractivity contribution in [2.24, 2.45) is 0 Å². The second-order valence-electron chi connectivity index (χ2n) is 5.10. The Kier molecular flexibility index (Phi) is 5.58. The van der Waals surface area contributed by atoms with Gasteiger partial charge in [-0.25, -0.2) is 4.98 Å². The van der Waals surface area contributed by atoms with Gasteiger partial charge in [0.1, 0.15) is 17.4 Å². The summed E-state index contributed by atoms with van der Waals surface area (Å²) in [5, 5.41) is 25.5. The van der Waals surface area contributed by atoms with Crippen LogP contribution in [0, 0.1) is 10.1 Å². The van der Waals surface area contributed by atoms with E-state index in [0.717, 1.165) is 11.4 Å². The van der Waals surface area contributed by atoms with Crippen molar-refractivity contribution < 1.29 is 10.0 Å². The lowest BCUT2D eigenvalue weighted by molar-refractivity contribution is -0.385. The van der Waals surface area contributed by atoms with E-state index in [1.807, 2.05) is 18.1 Å². The van der Waals surface area contributed by atoms with Crippen molar-refractivity contribution in [3.8, 4) is 0 Å². The first kappa shape index (κ1) is 16.5. The monoisotopic (exact) mass is 325 g/mol. The minimum absolute atomic E-state index is 0.0737. The number of nitrogens with zero attached hydrogens (tertiary/aromatic N) is 5. The molecule has 8 nitrogen and oxygen atoms in total. The maximum Gasteiger partial charge on any atom is 0.306 e. The molecule has 9 heteroatoms. The van der Waals surface area contributed by atoms with Crippen LogP contribution in [-0.2, 0) is 19.5 Å². The van der Waals surface area contributed by atoms with Gasteiger partial charge in [-0.2, -0.15) is 5.10 Å². The average Bonchev–Trinajstić information content (AvgIpc) is 3.07. The number of aliphatic hydroxyl groups is 1. The summed E-state index contributed by atoms with van der Waals surface area (Å²) in [6.07, 6.45) is 4.69. The van der Waals surface area contributed by atoms with Crippen LogP contribution < -0.4 is 0 Å². The topological polar surface area (TPSA) is 97.3 Å². The molecule has 2 aromatic heterocycles. The maximum atomic E-state index is 10.6. The van der Waals surface area contributed by atoms with Gasteiger partial charge in [-0.05, 0) is 13.5 Å². The molecule has 0 fully saturated rings. The predicted octanol–water partition coefficient (Wildman–Crippen LogP) is 1.30. The zero-order valence-electron chi connectivity index (χ0n) is 12.5. The van der Waals surface area contributed by atoms with Gasteiger partial charge in [-0.15, -0.1) is 11.3 Å². The lowest BCUT2D eigenvalue weighted by Gasteiger charge is -2.19. The highest BCUT2D eigenvalue weighted by Gasteiger charge is 2.14. The molecule has 0 amide bonds. The van der Waals surface area contributed by atoms with Crippen LogP contribution in [0.1, 0.15) is 16.8 Å². The van der Waals surface area contributed by atoms with Gasteiger partial charge in [-0.1, -0.05) is 6.92 Å².